The number of Topliss-reactive ketones (excluding diaryl/α,β-unsaturated/α-hetero) is 1. The van der Waals surface area contributed by atoms with Crippen LogP contribution in [0.25, 0.3) is 5.76 Å². The molecule has 4 aromatic rings. The molecule has 0 spiro atoms. The van der Waals surface area contributed by atoms with Crippen molar-refractivity contribution in [2.24, 2.45) is 0 Å². The summed E-state index contributed by atoms with van der Waals surface area (Å²) in [5.41, 5.74) is 4.75. The zero-order valence-electron chi connectivity index (χ0n) is 20.8. The molecule has 1 fully saturated rings. The molecule has 5 rings (SSSR count). The number of benzene rings is 3. The second-order valence-electron chi connectivity index (χ2n) is 9.17. The van der Waals surface area contributed by atoms with E-state index >= 15 is 0 Å². The number of carbonyl (C=O) groups excluding carboxylic acids is 2. The van der Waals surface area contributed by atoms with E-state index in [0.717, 1.165) is 16.7 Å². The summed E-state index contributed by atoms with van der Waals surface area (Å²) in [6.45, 7) is 5.90. The SMILES string of the molecule is Cc1cccc(Oc2ccc(N3C(=O)C(=O)/C(=C(\O)c4ccc(C)c(C)c4)C3c3cccnc3)cc2)c1. The smallest absolute Gasteiger partial charge is 0.300 e. The lowest BCUT2D eigenvalue weighted by atomic mass is 9.95. The maximum Gasteiger partial charge on any atom is 0.300 e. The number of aliphatic hydroxyl groups is 1. The third-order valence-electron chi connectivity index (χ3n) is 6.57. The molecule has 37 heavy (non-hydrogen) atoms. The van der Waals surface area contributed by atoms with Crippen LogP contribution >= 0.6 is 0 Å². The van der Waals surface area contributed by atoms with Crippen LogP contribution in [0.1, 0.15) is 33.9 Å². The quantitative estimate of drug-likeness (QED) is 0.198. The Morgan fingerprint density at radius 3 is 2.32 bits per heavy atom. The van der Waals surface area contributed by atoms with Gasteiger partial charge in [-0.3, -0.25) is 19.5 Å². The first kappa shape index (κ1) is 24.0. The molecule has 1 saturated heterocycles. The van der Waals surface area contributed by atoms with Crippen molar-refractivity contribution < 1.29 is 19.4 Å². The fraction of sp³-hybridized carbons (Fsp3) is 0.129. The van der Waals surface area contributed by atoms with Gasteiger partial charge in [0.25, 0.3) is 11.7 Å². The molecule has 1 aliphatic heterocycles. The van der Waals surface area contributed by atoms with E-state index < -0.39 is 17.7 Å². The zero-order valence-corrected chi connectivity index (χ0v) is 20.8. The van der Waals surface area contributed by atoms with E-state index in [1.54, 1.807) is 54.9 Å². The summed E-state index contributed by atoms with van der Waals surface area (Å²) in [4.78, 5) is 32.3. The summed E-state index contributed by atoms with van der Waals surface area (Å²) in [6.07, 6.45) is 3.23. The number of aromatic nitrogens is 1. The third kappa shape index (κ3) is 4.61. The van der Waals surface area contributed by atoms with E-state index in [0.29, 0.717) is 28.3 Å². The highest BCUT2D eigenvalue weighted by Crippen LogP contribution is 2.42. The van der Waals surface area contributed by atoms with Gasteiger partial charge in [0, 0.05) is 23.6 Å². The first-order valence-corrected chi connectivity index (χ1v) is 12.0. The van der Waals surface area contributed by atoms with Gasteiger partial charge in [-0.05, 0) is 91.6 Å². The molecule has 0 aliphatic carbocycles. The average molecular weight is 491 g/mol. The maximum atomic E-state index is 13.3. The first-order valence-electron chi connectivity index (χ1n) is 12.0. The summed E-state index contributed by atoms with van der Waals surface area (Å²) in [6, 6.07) is 22.8. The number of aryl methyl sites for hydroxylation is 3. The number of hydrogen-bond donors (Lipinski definition) is 1. The Morgan fingerprint density at radius 2 is 1.65 bits per heavy atom. The van der Waals surface area contributed by atoms with Gasteiger partial charge in [-0.2, -0.15) is 0 Å². The summed E-state index contributed by atoms with van der Waals surface area (Å²) in [5, 5.41) is 11.3. The van der Waals surface area contributed by atoms with E-state index in [4.69, 9.17) is 4.74 Å². The molecule has 3 aromatic carbocycles. The summed E-state index contributed by atoms with van der Waals surface area (Å²) >= 11 is 0. The number of rotatable bonds is 5. The highest BCUT2D eigenvalue weighted by molar-refractivity contribution is 6.51. The van der Waals surface area contributed by atoms with Crippen LogP contribution in [0.4, 0.5) is 5.69 Å². The summed E-state index contributed by atoms with van der Waals surface area (Å²) in [5.74, 6) is -0.371. The second-order valence-corrected chi connectivity index (χ2v) is 9.17. The summed E-state index contributed by atoms with van der Waals surface area (Å²) in [7, 11) is 0. The number of anilines is 1. The van der Waals surface area contributed by atoms with Crippen molar-refractivity contribution in [2.45, 2.75) is 26.8 Å². The zero-order chi connectivity index (χ0) is 26.1. The van der Waals surface area contributed by atoms with Crippen molar-refractivity contribution >= 4 is 23.1 Å². The Kier molecular flexibility index (Phi) is 6.32. The number of ether oxygens (including phenoxy) is 1. The van der Waals surface area contributed by atoms with Crippen LogP contribution in [-0.2, 0) is 9.59 Å². The number of aliphatic hydroxyl groups excluding tert-OH is 1. The Balaban J connectivity index is 1.57. The van der Waals surface area contributed by atoms with Crippen molar-refractivity contribution in [3.63, 3.8) is 0 Å². The minimum Gasteiger partial charge on any atom is -0.507 e. The van der Waals surface area contributed by atoms with E-state index in [-0.39, 0.29) is 11.3 Å². The predicted octanol–water partition coefficient (Wildman–Crippen LogP) is 6.43. The minimum atomic E-state index is -0.834. The van der Waals surface area contributed by atoms with Gasteiger partial charge in [0.05, 0.1) is 11.6 Å². The third-order valence-corrected chi connectivity index (χ3v) is 6.57. The first-order chi connectivity index (χ1) is 17.8. The number of nitrogens with zero attached hydrogens (tertiary/aromatic N) is 2. The number of carbonyl (C=O) groups is 2. The van der Waals surface area contributed by atoms with Crippen LogP contribution in [0.3, 0.4) is 0 Å². The predicted molar refractivity (Wildman–Crippen MR) is 143 cm³/mol. The van der Waals surface area contributed by atoms with Gasteiger partial charge < -0.3 is 9.84 Å². The van der Waals surface area contributed by atoms with Crippen LogP contribution in [-0.4, -0.2) is 21.8 Å². The molecule has 6 heteroatoms. The molecule has 6 nitrogen and oxygen atoms in total. The van der Waals surface area contributed by atoms with Crippen LogP contribution in [0, 0.1) is 20.8 Å². The van der Waals surface area contributed by atoms with Gasteiger partial charge in [-0.25, -0.2) is 0 Å². The molecular formula is C31H26N2O4. The monoisotopic (exact) mass is 490 g/mol. The molecule has 1 aliphatic rings. The van der Waals surface area contributed by atoms with Crippen LogP contribution in [0.2, 0.25) is 0 Å². The second kappa shape index (κ2) is 9.74. The normalized spacial score (nSPS) is 16.7. The number of amides is 1. The van der Waals surface area contributed by atoms with Crippen LogP contribution < -0.4 is 9.64 Å². The van der Waals surface area contributed by atoms with Gasteiger partial charge in [0.2, 0.25) is 0 Å². The molecule has 2 heterocycles. The molecular weight excluding hydrogens is 464 g/mol. The van der Waals surface area contributed by atoms with Crippen molar-refractivity contribution in [1.29, 1.82) is 0 Å². The highest BCUT2D eigenvalue weighted by atomic mass is 16.5. The fourth-order valence-electron chi connectivity index (χ4n) is 4.49. The largest absolute Gasteiger partial charge is 0.507 e. The highest BCUT2D eigenvalue weighted by Gasteiger charge is 2.47. The van der Waals surface area contributed by atoms with Gasteiger partial charge in [0.1, 0.15) is 17.3 Å². The Hall–Kier alpha value is -4.71. The van der Waals surface area contributed by atoms with E-state index in [1.165, 1.54) is 4.90 Å². The minimum absolute atomic E-state index is 0.0290. The van der Waals surface area contributed by atoms with Crippen LogP contribution in [0.5, 0.6) is 11.5 Å². The number of pyridine rings is 1. The van der Waals surface area contributed by atoms with E-state index in [2.05, 4.69) is 4.98 Å². The van der Waals surface area contributed by atoms with Crippen molar-refractivity contribution in [3.8, 4) is 11.5 Å². The maximum absolute atomic E-state index is 13.3. The molecule has 1 unspecified atom stereocenters. The van der Waals surface area contributed by atoms with Gasteiger partial charge in [-0.15, -0.1) is 0 Å². The molecule has 0 radical (unpaired) electrons. The molecule has 184 valence electrons. The summed E-state index contributed by atoms with van der Waals surface area (Å²) < 4.78 is 5.94. The number of ketones is 1. The number of hydrogen-bond acceptors (Lipinski definition) is 5. The van der Waals surface area contributed by atoms with Gasteiger partial charge in [0.15, 0.2) is 0 Å². The van der Waals surface area contributed by atoms with E-state index in [1.807, 2.05) is 57.2 Å². The molecule has 0 bridgehead atoms. The Bertz CT molecular complexity index is 1520. The standard InChI is InChI=1S/C31H26N2O4/c1-19-6-4-8-26(16-19)37-25-13-11-24(12-14-25)33-28(23-7-5-15-32-18-23)27(30(35)31(33)36)29(34)22-10-9-20(2)21(3)17-22/h4-18,28,34H,1-3H3/b29-27-. The topological polar surface area (TPSA) is 79.7 Å². The van der Waals surface area contributed by atoms with Crippen LogP contribution in [0.15, 0.2) is 96.8 Å². The molecule has 1 aromatic heterocycles. The molecule has 1 amide bonds. The van der Waals surface area contributed by atoms with E-state index in [9.17, 15) is 14.7 Å². The molecule has 1 N–H and O–H groups in total. The Morgan fingerprint density at radius 1 is 0.865 bits per heavy atom. The van der Waals surface area contributed by atoms with Gasteiger partial charge in [-0.1, -0.05) is 30.3 Å². The average Bonchev–Trinajstić information content (AvgIpc) is 3.16. The van der Waals surface area contributed by atoms with Crippen molar-refractivity contribution in [3.05, 3.63) is 125 Å². The Labute approximate surface area is 215 Å². The lowest BCUT2D eigenvalue weighted by Gasteiger charge is -2.25. The molecule has 0 saturated carbocycles. The molecule has 1 atom stereocenters. The fourth-order valence-corrected chi connectivity index (χ4v) is 4.49. The lowest BCUT2D eigenvalue weighted by molar-refractivity contribution is -0.132. The van der Waals surface area contributed by atoms with Crippen molar-refractivity contribution in [2.75, 3.05) is 4.90 Å². The van der Waals surface area contributed by atoms with Crippen molar-refractivity contribution in [1.82, 2.24) is 4.98 Å². The lowest BCUT2D eigenvalue weighted by Crippen LogP contribution is -2.29. The van der Waals surface area contributed by atoms with Gasteiger partial charge >= 0.3 is 0 Å².